The molecule has 0 aliphatic carbocycles. The molecule has 6 heteroatoms. The Morgan fingerprint density at radius 1 is 1.25 bits per heavy atom. The van der Waals surface area contributed by atoms with E-state index in [0.29, 0.717) is 18.7 Å². The van der Waals surface area contributed by atoms with Crippen molar-refractivity contribution in [2.24, 2.45) is 0 Å². The summed E-state index contributed by atoms with van der Waals surface area (Å²) in [6.07, 6.45) is 2.62. The Morgan fingerprint density at radius 3 is 2.62 bits per heavy atom. The standard InChI is InChI=1S/C18H24N2O4/c1-18(22,12-16-4-3-11-24-16)13-20-17(21)19-10-9-14-5-7-15(23-2)8-6-14/h3-8,11,22H,9-10,12-13H2,1-2H3,(H2,19,20,21)/t18-/m0/s1. The number of nitrogens with one attached hydrogen (secondary N) is 2. The molecule has 0 aliphatic heterocycles. The molecule has 0 saturated heterocycles. The predicted octanol–water partition coefficient (Wildman–Crippen LogP) is 2.12. The SMILES string of the molecule is COc1ccc(CCNC(=O)NC[C@@](C)(O)Cc2ccco2)cc1. The topological polar surface area (TPSA) is 83.7 Å². The Morgan fingerprint density at radius 2 is 2.00 bits per heavy atom. The number of carbonyl (C=O) groups is 1. The molecule has 0 aliphatic rings. The van der Waals surface area contributed by atoms with Crippen LogP contribution in [-0.4, -0.2) is 36.9 Å². The van der Waals surface area contributed by atoms with Gasteiger partial charge in [-0.3, -0.25) is 0 Å². The van der Waals surface area contributed by atoms with E-state index in [9.17, 15) is 9.90 Å². The number of ether oxygens (including phenoxy) is 1. The Kier molecular flexibility index (Phi) is 6.26. The Labute approximate surface area is 141 Å². The van der Waals surface area contributed by atoms with Gasteiger partial charge < -0.3 is 24.9 Å². The van der Waals surface area contributed by atoms with E-state index >= 15 is 0 Å². The molecule has 130 valence electrons. The monoisotopic (exact) mass is 332 g/mol. The molecule has 2 aromatic rings. The van der Waals surface area contributed by atoms with Crippen LogP contribution < -0.4 is 15.4 Å². The lowest BCUT2D eigenvalue weighted by atomic mass is 10.0. The van der Waals surface area contributed by atoms with Crippen molar-refractivity contribution in [1.29, 1.82) is 0 Å². The van der Waals surface area contributed by atoms with Crippen molar-refractivity contribution in [2.45, 2.75) is 25.4 Å². The van der Waals surface area contributed by atoms with Crippen LogP contribution in [-0.2, 0) is 12.8 Å². The first-order valence-corrected chi connectivity index (χ1v) is 7.88. The number of hydrogen-bond acceptors (Lipinski definition) is 4. The number of hydrogen-bond donors (Lipinski definition) is 3. The van der Waals surface area contributed by atoms with Gasteiger partial charge in [0.2, 0.25) is 0 Å². The van der Waals surface area contributed by atoms with Gasteiger partial charge in [0.1, 0.15) is 11.5 Å². The van der Waals surface area contributed by atoms with E-state index in [1.165, 1.54) is 0 Å². The highest BCUT2D eigenvalue weighted by Crippen LogP contribution is 2.13. The van der Waals surface area contributed by atoms with Crippen LogP contribution in [0.3, 0.4) is 0 Å². The van der Waals surface area contributed by atoms with Crippen LogP contribution in [0.1, 0.15) is 18.2 Å². The van der Waals surface area contributed by atoms with E-state index < -0.39 is 5.60 Å². The first-order valence-electron chi connectivity index (χ1n) is 7.88. The summed E-state index contributed by atoms with van der Waals surface area (Å²) in [5, 5.41) is 15.7. The van der Waals surface area contributed by atoms with Crippen molar-refractivity contribution in [1.82, 2.24) is 10.6 Å². The summed E-state index contributed by atoms with van der Waals surface area (Å²) in [4.78, 5) is 11.8. The smallest absolute Gasteiger partial charge is 0.314 e. The minimum absolute atomic E-state index is 0.141. The number of amides is 2. The van der Waals surface area contributed by atoms with E-state index in [2.05, 4.69) is 10.6 Å². The molecule has 0 saturated carbocycles. The minimum Gasteiger partial charge on any atom is -0.497 e. The number of aliphatic hydroxyl groups is 1. The van der Waals surface area contributed by atoms with Gasteiger partial charge in [0.25, 0.3) is 0 Å². The maximum Gasteiger partial charge on any atom is 0.314 e. The fourth-order valence-electron chi connectivity index (χ4n) is 2.30. The van der Waals surface area contributed by atoms with Gasteiger partial charge in [0.05, 0.1) is 19.0 Å². The Bertz CT molecular complexity index is 621. The summed E-state index contributed by atoms with van der Waals surface area (Å²) in [6.45, 7) is 2.31. The van der Waals surface area contributed by atoms with Gasteiger partial charge in [0, 0.05) is 19.5 Å². The van der Waals surface area contributed by atoms with E-state index in [1.54, 1.807) is 32.4 Å². The summed E-state index contributed by atoms with van der Waals surface area (Å²) in [7, 11) is 1.63. The molecule has 1 atom stereocenters. The van der Waals surface area contributed by atoms with Crippen LogP contribution in [0.15, 0.2) is 47.1 Å². The van der Waals surface area contributed by atoms with E-state index in [0.717, 1.165) is 17.7 Å². The molecule has 0 unspecified atom stereocenters. The molecule has 2 rings (SSSR count). The number of urea groups is 1. The molecule has 0 fully saturated rings. The summed E-state index contributed by atoms with van der Waals surface area (Å²) < 4.78 is 10.3. The maximum atomic E-state index is 11.8. The van der Waals surface area contributed by atoms with Crippen molar-refractivity contribution in [3.05, 3.63) is 54.0 Å². The molecule has 0 spiro atoms. The van der Waals surface area contributed by atoms with Crippen LogP contribution in [0, 0.1) is 0 Å². The Hall–Kier alpha value is -2.47. The van der Waals surface area contributed by atoms with Crippen molar-refractivity contribution in [2.75, 3.05) is 20.2 Å². The van der Waals surface area contributed by atoms with Crippen LogP contribution in [0.25, 0.3) is 0 Å². The van der Waals surface area contributed by atoms with Gasteiger partial charge in [-0.05, 0) is 43.2 Å². The second-order valence-electron chi connectivity index (χ2n) is 5.96. The fourth-order valence-corrected chi connectivity index (χ4v) is 2.30. The minimum atomic E-state index is -1.06. The summed E-state index contributed by atoms with van der Waals surface area (Å²) in [6, 6.07) is 11.0. The van der Waals surface area contributed by atoms with Crippen molar-refractivity contribution in [3.63, 3.8) is 0 Å². The lowest BCUT2D eigenvalue weighted by Gasteiger charge is -2.22. The van der Waals surface area contributed by atoms with Gasteiger partial charge in [-0.1, -0.05) is 12.1 Å². The van der Waals surface area contributed by atoms with Crippen molar-refractivity contribution < 1.29 is 19.1 Å². The highest BCUT2D eigenvalue weighted by molar-refractivity contribution is 5.73. The van der Waals surface area contributed by atoms with Gasteiger partial charge in [-0.2, -0.15) is 0 Å². The molecule has 0 radical (unpaired) electrons. The van der Waals surface area contributed by atoms with Gasteiger partial charge in [-0.25, -0.2) is 4.79 Å². The third kappa shape index (κ3) is 5.96. The fraction of sp³-hybridized carbons (Fsp3) is 0.389. The van der Waals surface area contributed by atoms with Crippen LogP contribution in [0.5, 0.6) is 5.75 Å². The van der Waals surface area contributed by atoms with E-state index in [4.69, 9.17) is 9.15 Å². The summed E-state index contributed by atoms with van der Waals surface area (Å²) >= 11 is 0. The highest BCUT2D eigenvalue weighted by Gasteiger charge is 2.23. The number of rotatable bonds is 8. The highest BCUT2D eigenvalue weighted by atomic mass is 16.5. The number of methoxy groups -OCH3 is 1. The van der Waals surface area contributed by atoms with Crippen LogP contribution in [0.4, 0.5) is 4.79 Å². The predicted molar refractivity (Wildman–Crippen MR) is 91.1 cm³/mol. The number of furan rings is 1. The molecule has 3 N–H and O–H groups in total. The molecular weight excluding hydrogens is 308 g/mol. The third-order valence-electron chi connectivity index (χ3n) is 3.62. The summed E-state index contributed by atoms with van der Waals surface area (Å²) in [5.41, 5.74) is 0.0477. The number of carbonyl (C=O) groups excluding carboxylic acids is 1. The molecule has 2 amide bonds. The Balaban J connectivity index is 1.67. The third-order valence-corrected chi connectivity index (χ3v) is 3.62. The molecule has 1 aromatic heterocycles. The maximum absolute atomic E-state index is 11.8. The molecule has 24 heavy (non-hydrogen) atoms. The van der Waals surface area contributed by atoms with Crippen LogP contribution >= 0.6 is 0 Å². The van der Waals surface area contributed by atoms with E-state index in [1.807, 2.05) is 24.3 Å². The zero-order chi connectivity index (χ0) is 17.4. The van der Waals surface area contributed by atoms with Crippen LogP contribution in [0.2, 0.25) is 0 Å². The average Bonchev–Trinajstić information content (AvgIpc) is 3.06. The molecule has 1 heterocycles. The first-order chi connectivity index (χ1) is 11.5. The molecule has 6 nitrogen and oxygen atoms in total. The number of benzene rings is 1. The van der Waals surface area contributed by atoms with Crippen molar-refractivity contribution in [3.8, 4) is 5.75 Å². The molecule has 0 bridgehead atoms. The lowest BCUT2D eigenvalue weighted by molar-refractivity contribution is 0.0572. The first kappa shape index (κ1) is 17.9. The van der Waals surface area contributed by atoms with Gasteiger partial charge >= 0.3 is 6.03 Å². The summed E-state index contributed by atoms with van der Waals surface area (Å²) in [5.74, 6) is 1.49. The van der Waals surface area contributed by atoms with Crippen molar-refractivity contribution >= 4 is 6.03 Å². The normalized spacial score (nSPS) is 13.1. The van der Waals surface area contributed by atoms with Gasteiger partial charge in [0.15, 0.2) is 0 Å². The van der Waals surface area contributed by atoms with E-state index in [-0.39, 0.29) is 12.6 Å². The average molecular weight is 332 g/mol. The molecular formula is C18H24N2O4. The largest absolute Gasteiger partial charge is 0.497 e. The second-order valence-corrected chi connectivity index (χ2v) is 5.96. The zero-order valence-electron chi connectivity index (χ0n) is 14.0. The lowest BCUT2D eigenvalue weighted by Crippen LogP contribution is -2.46. The molecule has 1 aromatic carbocycles. The van der Waals surface area contributed by atoms with Gasteiger partial charge in [-0.15, -0.1) is 0 Å². The second kappa shape index (κ2) is 8.40. The zero-order valence-corrected chi connectivity index (χ0v) is 14.0. The quantitative estimate of drug-likeness (QED) is 0.691.